The first kappa shape index (κ1) is 29.2. The lowest BCUT2D eigenvalue weighted by Gasteiger charge is -2.42. The Labute approximate surface area is 261 Å². The van der Waals surface area contributed by atoms with E-state index < -0.39 is 5.60 Å². The summed E-state index contributed by atoms with van der Waals surface area (Å²) in [6.45, 7) is 10.1. The molecule has 7 rings (SSSR count). The lowest BCUT2D eigenvalue weighted by molar-refractivity contribution is 0.0981. The van der Waals surface area contributed by atoms with Crippen molar-refractivity contribution in [2.45, 2.75) is 38.3 Å². The number of fused-ring (bicyclic) bond motifs is 3. The molecule has 2 fully saturated rings. The van der Waals surface area contributed by atoms with E-state index in [9.17, 15) is 0 Å². The standard InChI is InChI=1S/C32H39FN10O2/c1-32(2)24-19-28(37-38-29(24)23-7-6-22(44-4)18-27(23)45-32)43-30(34)36-31(39-43)35-20-5-8-26(25(33)17-20)42-11-9-21(10-12-42)41-15-13-40(3)14-16-41/h5-8,17-19,21H,9-16H2,1-4H3,(H3,34,35,36,39). The van der Waals surface area contributed by atoms with Gasteiger partial charge in [-0.2, -0.15) is 9.67 Å². The van der Waals surface area contributed by atoms with Crippen LogP contribution in [0.5, 0.6) is 11.5 Å². The van der Waals surface area contributed by atoms with Crippen molar-refractivity contribution < 1.29 is 13.9 Å². The number of nitrogens with zero attached hydrogens (tertiary/aromatic N) is 8. The van der Waals surface area contributed by atoms with Gasteiger partial charge >= 0.3 is 0 Å². The van der Waals surface area contributed by atoms with Crippen molar-refractivity contribution in [2.75, 3.05) is 69.4 Å². The van der Waals surface area contributed by atoms with Crippen molar-refractivity contribution in [1.82, 2.24) is 34.8 Å². The minimum atomic E-state index is -0.699. The van der Waals surface area contributed by atoms with E-state index in [0.717, 1.165) is 63.2 Å². The van der Waals surface area contributed by atoms with Gasteiger partial charge in [-0.15, -0.1) is 15.3 Å². The van der Waals surface area contributed by atoms with Crippen molar-refractivity contribution in [3.05, 3.63) is 53.8 Å². The van der Waals surface area contributed by atoms with E-state index in [2.05, 4.69) is 47.3 Å². The van der Waals surface area contributed by atoms with Crippen molar-refractivity contribution in [3.8, 4) is 28.6 Å². The first-order valence-corrected chi connectivity index (χ1v) is 15.4. The van der Waals surface area contributed by atoms with Crippen LogP contribution in [-0.2, 0) is 5.60 Å². The van der Waals surface area contributed by atoms with Gasteiger partial charge in [0.1, 0.15) is 28.6 Å². The fraction of sp³-hybridized carbons (Fsp3) is 0.438. The molecule has 0 amide bonds. The number of nitrogen functional groups attached to an aromatic ring is 1. The number of piperazine rings is 1. The molecule has 2 aromatic carbocycles. The average molecular weight is 615 g/mol. The number of hydrogen-bond acceptors (Lipinski definition) is 11. The van der Waals surface area contributed by atoms with Crippen molar-refractivity contribution in [2.24, 2.45) is 0 Å². The number of hydrogen-bond donors (Lipinski definition) is 2. The Morgan fingerprint density at radius 3 is 2.51 bits per heavy atom. The molecule has 4 aromatic rings. The minimum absolute atomic E-state index is 0.117. The number of piperidine rings is 1. The van der Waals surface area contributed by atoms with Crippen LogP contribution in [0, 0.1) is 5.82 Å². The molecule has 13 heteroatoms. The molecule has 45 heavy (non-hydrogen) atoms. The van der Waals surface area contributed by atoms with E-state index in [0.29, 0.717) is 40.4 Å². The summed E-state index contributed by atoms with van der Waals surface area (Å²) in [4.78, 5) is 11.5. The van der Waals surface area contributed by atoms with Gasteiger partial charge in [-0.05, 0) is 70.1 Å². The van der Waals surface area contributed by atoms with Gasteiger partial charge in [-0.3, -0.25) is 4.90 Å². The second-order valence-electron chi connectivity index (χ2n) is 12.5. The summed E-state index contributed by atoms with van der Waals surface area (Å²) in [6.07, 6.45) is 2.08. The maximum atomic E-state index is 15.4. The van der Waals surface area contributed by atoms with Gasteiger partial charge in [0.2, 0.25) is 11.9 Å². The molecule has 3 aliphatic rings. The number of rotatable bonds is 6. The Hall–Kier alpha value is -4.49. The second-order valence-corrected chi connectivity index (χ2v) is 12.5. The smallest absolute Gasteiger partial charge is 0.248 e. The maximum Gasteiger partial charge on any atom is 0.248 e. The maximum absolute atomic E-state index is 15.4. The van der Waals surface area contributed by atoms with Gasteiger partial charge in [0.05, 0.1) is 12.8 Å². The van der Waals surface area contributed by atoms with Crippen LogP contribution in [0.15, 0.2) is 42.5 Å². The molecule has 0 unspecified atom stereocenters. The molecule has 236 valence electrons. The highest BCUT2D eigenvalue weighted by atomic mass is 19.1. The minimum Gasteiger partial charge on any atom is -0.497 e. The molecule has 0 bridgehead atoms. The van der Waals surface area contributed by atoms with Crippen LogP contribution >= 0.6 is 0 Å². The second kappa shape index (κ2) is 11.5. The highest BCUT2D eigenvalue weighted by Gasteiger charge is 2.35. The predicted molar refractivity (Wildman–Crippen MR) is 171 cm³/mol. The van der Waals surface area contributed by atoms with Gasteiger partial charge in [-0.25, -0.2) is 4.39 Å². The van der Waals surface area contributed by atoms with Crippen LogP contribution in [0.25, 0.3) is 17.1 Å². The quantitative estimate of drug-likeness (QED) is 0.327. The number of ether oxygens (including phenoxy) is 2. The molecular formula is C32H39FN10O2. The third-order valence-electron chi connectivity index (χ3n) is 9.15. The van der Waals surface area contributed by atoms with Crippen LogP contribution in [0.3, 0.4) is 0 Å². The first-order chi connectivity index (χ1) is 21.7. The summed E-state index contributed by atoms with van der Waals surface area (Å²) in [5.74, 6) is 1.82. The van der Waals surface area contributed by atoms with Gasteiger partial charge in [-0.1, -0.05) is 0 Å². The molecule has 12 nitrogen and oxygen atoms in total. The Balaban J connectivity index is 1.05. The Morgan fingerprint density at radius 1 is 1.00 bits per heavy atom. The number of halogens is 1. The number of likely N-dealkylation sites (N-methyl/N-ethyl adjacent to an activating group) is 1. The summed E-state index contributed by atoms with van der Waals surface area (Å²) in [5, 5.41) is 16.5. The molecule has 2 saturated heterocycles. The Bertz CT molecular complexity index is 1710. The normalized spacial score (nSPS) is 18.6. The fourth-order valence-corrected chi connectivity index (χ4v) is 6.56. The van der Waals surface area contributed by atoms with E-state index in [1.807, 2.05) is 50.2 Å². The highest BCUT2D eigenvalue weighted by molar-refractivity contribution is 5.74. The lowest BCUT2D eigenvalue weighted by Crippen LogP contribution is -2.52. The molecule has 3 aliphatic heterocycles. The number of benzene rings is 2. The summed E-state index contributed by atoms with van der Waals surface area (Å²) < 4.78 is 28.4. The zero-order valence-corrected chi connectivity index (χ0v) is 26.1. The predicted octanol–water partition coefficient (Wildman–Crippen LogP) is 4.04. The molecule has 0 radical (unpaired) electrons. The molecule has 0 atom stereocenters. The molecular weight excluding hydrogens is 575 g/mol. The van der Waals surface area contributed by atoms with Crippen molar-refractivity contribution in [3.63, 3.8) is 0 Å². The highest BCUT2D eigenvalue weighted by Crippen LogP contribution is 2.45. The summed E-state index contributed by atoms with van der Waals surface area (Å²) >= 11 is 0. The fourth-order valence-electron chi connectivity index (χ4n) is 6.56. The molecule has 0 spiro atoms. The van der Waals surface area contributed by atoms with Crippen molar-refractivity contribution >= 4 is 23.3 Å². The summed E-state index contributed by atoms with van der Waals surface area (Å²) in [7, 11) is 3.79. The first-order valence-electron chi connectivity index (χ1n) is 15.4. The SMILES string of the molecule is COc1ccc2c(c1)OC(C)(C)c1cc(-n3nc(Nc4ccc(N5CCC(N6CCN(C)CC6)CC5)c(F)c4)nc3N)nnc1-2. The van der Waals surface area contributed by atoms with E-state index in [4.69, 9.17) is 15.2 Å². The number of anilines is 4. The monoisotopic (exact) mass is 614 g/mol. The van der Waals surface area contributed by atoms with Crippen LogP contribution in [0.4, 0.5) is 27.7 Å². The topological polar surface area (TPSA) is 123 Å². The van der Waals surface area contributed by atoms with Gasteiger partial charge < -0.3 is 30.3 Å². The molecule has 0 saturated carbocycles. The van der Waals surface area contributed by atoms with Crippen LogP contribution in [0.2, 0.25) is 0 Å². The Morgan fingerprint density at radius 2 is 1.78 bits per heavy atom. The van der Waals surface area contributed by atoms with Gasteiger partial charge in [0, 0.05) is 68.2 Å². The van der Waals surface area contributed by atoms with E-state index >= 15 is 4.39 Å². The molecule has 0 aliphatic carbocycles. The number of methoxy groups -OCH3 is 1. The Kier molecular flexibility index (Phi) is 7.44. The van der Waals surface area contributed by atoms with E-state index in [-0.39, 0.29) is 17.7 Å². The molecule has 3 N–H and O–H groups in total. The third-order valence-corrected chi connectivity index (χ3v) is 9.15. The van der Waals surface area contributed by atoms with E-state index in [1.54, 1.807) is 7.11 Å². The largest absolute Gasteiger partial charge is 0.497 e. The zero-order valence-electron chi connectivity index (χ0n) is 26.1. The summed E-state index contributed by atoms with van der Waals surface area (Å²) in [5.41, 5.74) is 9.06. The zero-order chi connectivity index (χ0) is 31.3. The van der Waals surface area contributed by atoms with Gasteiger partial charge in [0.15, 0.2) is 5.82 Å². The molecule has 2 aromatic heterocycles. The third kappa shape index (κ3) is 5.61. The lowest BCUT2D eigenvalue weighted by atomic mass is 9.90. The van der Waals surface area contributed by atoms with Crippen molar-refractivity contribution in [1.29, 1.82) is 0 Å². The summed E-state index contributed by atoms with van der Waals surface area (Å²) in [6, 6.07) is 13.2. The molecule has 5 heterocycles. The van der Waals surface area contributed by atoms with E-state index in [1.165, 1.54) is 10.7 Å². The van der Waals surface area contributed by atoms with Crippen LogP contribution in [-0.4, -0.2) is 94.2 Å². The van der Waals surface area contributed by atoms with Crippen LogP contribution in [0.1, 0.15) is 32.3 Å². The number of nitrogens with two attached hydrogens (primary N) is 1. The van der Waals surface area contributed by atoms with Gasteiger partial charge in [0.25, 0.3) is 0 Å². The van der Waals surface area contributed by atoms with Crippen LogP contribution < -0.4 is 25.4 Å². The average Bonchev–Trinajstić information content (AvgIpc) is 3.40. The number of nitrogens with one attached hydrogen (secondary N) is 1. The number of aromatic nitrogens is 5.